The fraction of sp³-hybridized carbons (Fsp3) is 0.364. The smallest absolute Gasteiger partial charge is 0.242 e. The molecule has 0 saturated carbocycles. The van der Waals surface area contributed by atoms with E-state index in [1.54, 1.807) is 23.2 Å². The third-order valence-corrected chi connectivity index (χ3v) is 3.00. The third kappa shape index (κ3) is 2.41. The minimum Gasteiger partial charge on any atom is -0.389 e. The van der Waals surface area contributed by atoms with Crippen LogP contribution in [-0.2, 0) is 9.53 Å². The number of hydrogen-bond donors (Lipinski definition) is 2. The maximum atomic E-state index is 11.4. The Kier molecular flexibility index (Phi) is 3.73. The normalized spacial score (nSPS) is 19.6. The molecule has 1 unspecified atom stereocenters. The van der Waals surface area contributed by atoms with E-state index in [1.165, 1.54) is 0 Å². The summed E-state index contributed by atoms with van der Waals surface area (Å²) >= 11 is 4.99. The number of nitrogens with two attached hydrogens (primary N) is 2. The van der Waals surface area contributed by atoms with E-state index in [0.717, 1.165) is 0 Å². The highest BCUT2D eigenvalue weighted by Gasteiger charge is 2.30. The number of rotatable bonds is 3. The van der Waals surface area contributed by atoms with Crippen LogP contribution in [-0.4, -0.2) is 41.7 Å². The largest absolute Gasteiger partial charge is 0.389 e. The SMILES string of the molecule is NC(=O)C1COCCN1c1ncccc1C(N)=S. The Morgan fingerprint density at radius 2 is 2.33 bits per heavy atom. The molecule has 1 atom stereocenters. The number of thiocarbonyl (C=S) groups is 1. The fourth-order valence-corrected chi connectivity index (χ4v) is 2.07. The topological polar surface area (TPSA) is 94.5 Å². The standard InChI is InChI=1S/C11H14N4O2S/c12-9(16)8-6-17-5-4-15(8)11-7(10(13)18)2-1-3-14-11/h1-3,8H,4-6H2,(H2,12,16)(H2,13,18). The molecule has 0 radical (unpaired) electrons. The van der Waals surface area contributed by atoms with Crippen LogP contribution in [0.2, 0.25) is 0 Å². The van der Waals surface area contributed by atoms with Gasteiger partial charge in [-0.3, -0.25) is 4.79 Å². The van der Waals surface area contributed by atoms with E-state index in [0.29, 0.717) is 24.5 Å². The Morgan fingerprint density at radius 3 is 3.00 bits per heavy atom. The summed E-state index contributed by atoms with van der Waals surface area (Å²) in [5, 5.41) is 0. The van der Waals surface area contributed by atoms with Gasteiger partial charge in [0.05, 0.1) is 18.8 Å². The number of carbonyl (C=O) groups excluding carboxylic acids is 1. The van der Waals surface area contributed by atoms with Crippen LogP contribution in [0.3, 0.4) is 0 Å². The highest BCUT2D eigenvalue weighted by atomic mass is 32.1. The monoisotopic (exact) mass is 266 g/mol. The second-order valence-electron chi connectivity index (χ2n) is 3.93. The summed E-state index contributed by atoms with van der Waals surface area (Å²) in [6.07, 6.45) is 1.63. The molecule has 1 aliphatic heterocycles. The van der Waals surface area contributed by atoms with Crippen LogP contribution in [0.15, 0.2) is 18.3 Å². The molecule has 1 aliphatic rings. The molecule has 1 amide bonds. The number of morpholine rings is 1. The van der Waals surface area contributed by atoms with E-state index < -0.39 is 11.9 Å². The molecule has 0 aromatic carbocycles. The van der Waals surface area contributed by atoms with E-state index in [2.05, 4.69) is 4.98 Å². The first kappa shape index (κ1) is 12.7. The molecule has 6 nitrogen and oxygen atoms in total. The van der Waals surface area contributed by atoms with Crippen LogP contribution < -0.4 is 16.4 Å². The minimum absolute atomic E-state index is 0.243. The quantitative estimate of drug-likeness (QED) is 0.710. The molecule has 1 aromatic rings. The molecule has 1 fully saturated rings. The van der Waals surface area contributed by atoms with Gasteiger partial charge < -0.3 is 21.1 Å². The lowest BCUT2D eigenvalue weighted by molar-refractivity contribution is -0.121. The van der Waals surface area contributed by atoms with E-state index in [1.807, 2.05) is 0 Å². The molecule has 7 heteroatoms. The van der Waals surface area contributed by atoms with Crippen molar-refractivity contribution in [1.82, 2.24) is 4.98 Å². The average molecular weight is 266 g/mol. The Labute approximate surface area is 110 Å². The van der Waals surface area contributed by atoms with Crippen molar-refractivity contribution in [3.63, 3.8) is 0 Å². The van der Waals surface area contributed by atoms with Gasteiger partial charge in [-0.2, -0.15) is 0 Å². The molecule has 1 saturated heterocycles. The second kappa shape index (κ2) is 5.28. The van der Waals surface area contributed by atoms with Gasteiger partial charge in [0.2, 0.25) is 5.91 Å². The van der Waals surface area contributed by atoms with Crippen molar-refractivity contribution in [2.45, 2.75) is 6.04 Å². The Morgan fingerprint density at radius 1 is 1.56 bits per heavy atom. The van der Waals surface area contributed by atoms with Crippen LogP contribution >= 0.6 is 12.2 Å². The van der Waals surface area contributed by atoms with Gasteiger partial charge in [-0.05, 0) is 12.1 Å². The first-order valence-electron chi connectivity index (χ1n) is 5.50. The lowest BCUT2D eigenvalue weighted by atomic mass is 10.1. The van der Waals surface area contributed by atoms with Gasteiger partial charge >= 0.3 is 0 Å². The van der Waals surface area contributed by atoms with Crippen molar-refractivity contribution in [2.24, 2.45) is 11.5 Å². The van der Waals surface area contributed by atoms with Crippen molar-refractivity contribution in [3.05, 3.63) is 23.9 Å². The molecule has 0 spiro atoms. The van der Waals surface area contributed by atoms with Crippen molar-refractivity contribution in [3.8, 4) is 0 Å². The molecular weight excluding hydrogens is 252 g/mol. The number of hydrogen-bond acceptors (Lipinski definition) is 5. The minimum atomic E-state index is -0.540. The Bertz CT molecular complexity index is 480. The number of nitrogens with zero attached hydrogens (tertiary/aromatic N) is 2. The second-order valence-corrected chi connectivity index (χ2v) is 4.37. The lowest BCUT2D eigenvalue weighted by Gasteiger charge is -2.35. The molecule has 0 aliphatic carbocycles. The van der Waals surface area contributed by atoms with Gasteiger partial charge in [0.25, 0.3) is 0 Å². The molecule has 0 bridgehead atoms. The first-order chi connectivity index (χ1) is 8.61. The maximum absolute atomic E-state index is 11.4. The average Bonchev–Trinajstić information content (AvgIpc) is 2.38. The fourth-order valence-electron chi connectivity index (χ4n) is 1.91. The highest BCUT2D eigenvalue weighted by Crippen LogP contribution is 2.21. The van der Waals surface area contributed by atoms with E-state index in [9.17, 15) is 4.79 Å². The Balaban J connectivity index is 2.39. The van der Waals surface area contributed by atoms with E-state index in [4.69, 9.17) is 28.4 Å². The zero-order valence-corrected chi connectivity index (χ0v) is 10.5. The van der Waals surface area contributed by atoms with Crippen molar-refractivity contribution in [2.75, 3.05) is 24.7 Å². The zero-order chi connectivity index (χ0) is 13.1. The van der Waals surface area contributed by atoms with Gasteiger partial charge in [0.1, 0.15) is 16.8 Å². The summed E-state index contributed by atoms with van der Waals surface area (Å²) in [7, 11) is 0. The van der Waals surface area contributed by atoms with Crippen LogP contribution in [0.25, 0.3) is 0 Å². The van der Waals surface area contributed by atoms with Gasteiger partial charge in [-0.15, -0.1) is 0 Å². The van der Waals surface area contributed by atoms with Crippen molar-refractivity contribution < 1.29 is 9.53 Å². The van der Waals surface area contributed by atoms with Gasteiger partial charge in [-0.25, -0.2) is 4.98 Å². The first-order valence-corrected chi connectivity index (χ1v) is 5.90. The van der Waals surface area contributed by atoms with Crippen LogP contribution in [0, 0.1) is 0 Å². The zero-order valence-electron chi connectivity index (χ0n) is 9.70. The van der Waals surface area contributed by atoms with E-state index >= 15 is 0 Å². The summed E-state index contributed by atoms with van der Waals surface area (Å²) in [6.45, 7) is 1.29. The highest BCUT2D eigenvalue weighted by molar-refractivity contribution is 7.80. The molecule has 2 heterocycles. The molecule has 2 rings (SSSR count). The van der Waals surface area contributed by atoms with Crippen molar-refractivity contribution >= 4 is 28.9 Å². The summed E-state index contributed by atoms with van der Waals surface area (Å²) < 4.78 is 5.26. The lowest BCUT2D eigenvalue weighted by Crippen LogP contribution is -2.53. The van der Waals surface area contributed by atoms with Crippen LogP contribution in [0.1, 0.15) is 5.56 Å². The number of carbonyl (C=O) groups is 1. The van der Waals surface area contributed by atoms with Crippen molar-refractivity contribution in [1.29, 1.82) is 0 Å². The third-order valence-electron chi connectivity index (χ3n) is 2.78. The molecular formula is C11H14N4O2S. The van der Waals surface area contributed by atoms with Gasteiger partial charge in [0, 0.05) is 12.7 Å². The predicted octanol–water partition coefficient (Wildman–Crippen LogP) is -0.594. The number of aromatic nitrogens is 1. The summed E-state index contributed by atoms with van der Waals surface area (Å²) in [5.74, 6) is 0.131. The number of primary amides is 1. The number of anilines is 1. The summed E-state index contributed by atoms with van der Waals surface area (Å²) in [5.41, 5.74) is 11.7. The molecule has 96 valence electrons. The number of ether oxygens (including phenoxy) is 1. The summed E-state index contributed by atoms with van der Waals surface area (Å²) in [4.78, 5) is 17.7. The van der Waals surface area contributed by atoms with E-state index in [-0.39, 0.29) is 11.6 Å². The number of amides is 1. The van der Waals surface area contributed by atoms with Crippen LogP contribution in [0.4, 0.5) is 5.82 Å². The molecule has 4 N–H and O–H groups in total. The van der Waals surface area contributed by atoms with Crippen LogP contribution in [0.5, 0.6) is 0 Å². The molecule has 1 aromatic heterocycles. The number of pyridine rings is 1. The van der Waals surface area contributed by atoms with Gasteiger partial charge in [-0.1, -0.05) is 12.2 Å². The van der Waals surface area contributed by atoms with Gasteiger partial charge in [0.15, 0.2) is 0 Å². The predicted molar refractivity (Wildman–Crippen MR) is 71.3 cm³/mol. The summed E-state index contributed by atoms with van der Waals surface area (Å²) in [6, 6.07) is 2.98. The Hall–Kier alpha value is -1.73. The maximum Gasteiger partial charge on any atom is 0.242 e. The molecule has 18 heavy (non-hydrogen) atoms.